The number of hydrogen-bond acceptors (Lipinski definition) is 5. The number of nitrogens with zero attached hydrogens (tertiary/aromatic N) is 2. The first-order valence-electron chi connectivity index (χ1n) is 9.57. The van der Waals surface area contributed by atoms with Crippen molar-refractivity contribution in [3.05, 3.63) is 23.8 Å². The normalized spacial score (nSPS) is 21.9. The SMILES string of the molecule is COc1ccc(OC)c([C@@H](O)CN2CCN(C3CCCCC3)CC2)c1. The van der Waals surface area contributed by atoms with Crippen molar-refractivity contribution < 1.29 is 14.6 Å². The van der Waals surface area contributed by atoms with Crippen molar-refractivity contribution in [2.24, 2.45) is 0 Å². The molecule has 140 valence electrons. The maximum Gasteiger partial charge on any atom is 0.124 e. The van der Waals surface area contributed by atoms with Crippen molar-refractivity contribution in [2.75, 3.05) is 46.9 Å². The smallest absolute Gasteiger partial charge is 0.124 e. The van der Waals surface area contributed by atoms with Crippen LogP contribution in [0.25, 0.3) is 0 Å². The molecule has 0 unspecified atom stereocenters. The average Bonchev–Trinajstić information content (AvgIpc) is 2.68. The van der Waals surface area contributed by atoms with Crippen LogP contribution < -0.4 is 9.47 Å². The van der Waals surface area contributed by atoms with Crippen molar-refractivity contribution in [3.8, 4) is 11.5 Å². The Morgan fingerprint density at radius 3 is 2.40 bits per heavy atom. The molecular formula is C20H32N2O3. The monoisotopic (exact) mass is 348 g/mol. The lowest BCUT2D eigenvalue weighted by atomic mass is 9.94. The second-order valence-electron chi connectivity index (χ2n) is 7.25. The lowest BCUT2D eigenvalue weighted by Gasteiger charge is -2.41. The number of rotatable bonds is 6. The molecule has 3 rings (SSSR count). The van der Waals surface area contributed by atoms with E-state index < -0.39 is 6.10 Å². The van der Waals surface area contributed by atoms with Gasteiger partial charge in [-0.1, -0.05) is 19.3 Å². The Kier molecular flexibility index (Phi) is 6.57. The van der Waals surface area contributed by atoms with Gasteiger partial charge in [0, 0.05) is 44.3 Å². The summed E-state index contributed by atoms with van der Waals surface area (Å²) >= 11 is 0. The molecule has 1 aromatic carbocycles. The maximum absolute atomic E-state index is 10.7. The van der Waals surface area contributed by atoms with Gasteiger partial charge in [-0.15, -0.1) is 0 Å². The van der Waals surface area contributed by atoms with E-state index in [2.05, 4.69) is 9.80 Å². The molecule has 1 aliphatic carbocycles. The van der Waals surface area contributed by atoms with Crippen LogP contribution in [0, 0.1) is 0 Å². The van der Waals surface area contributed by atoms with E-state index >= 15 is 0 Å². The van der Waals surface area contributed by atoms with Crippen molar-refractivity contribution in [1.82, 2.24) is 9.80 Å². The summed E-state index contributed by atoms with van der Waals surface area (Å²) in [7, 11) is 3.28. The summed E-state index contributed by atoms with van der Waals surface area (Å²) in [5, 5.41) is 10.7. The fraction of sp³-hybridized carbons (Fsp3) is 0.700. The molecule has 5 heteroatoms. The van der Waals surface area contributed by atoms with Gasteiger partial charge in [0.25, 0.3) is 0 Å². The molecule has 1 aliphatic heterocycles. The molecule has 2 aliphatic rings. The number of hydrogen-bond donors (Lipinski definition) is 1. The zero-order chi connectivity index (χ0) is 17.6. The second kappa shape index (κ2) is 8.88. The fourth-order valence-corrected chi connectivity index (χ4v) is 4.20. The number of β-amino-alcohol motifs (C(OH)–C–C–N with tert-alkyl or cyclic N) is 1. The van der Waals surface area contributed by atoms with Crippen molar-refractivity contribution >= 4 is 0 Å². The van der Waals surface area contributed by atoms with Gasteiger partial charge < -0.3 is 14.6 Å². The maximum atomic E-state index is 10.7. The molecule has 1 aromatic rings. The largest absolute Gasteiger partial charge is 0.497 e. The van der Waals surface area contributed by atoms with Crippen LogP contribution in [0.3, 0.4) is 0 Å². The Bertz CT molecular complexity index is 538. The summed E-state index contributed by atoms with van der Waals surface area (Å²) in [5.41, 5.74) is 0.802. The van der Waals surface area contributed by atoms with E-state index in [-0.39, 0.29) is 0 Å². The minimum absolute atomic E-state index is 0.564. The molecule has 0 bridgehead atoms. The van der Waals surface area contributed by atoms with E-state index in [0.29, 0.717) is 12.3 Å². The zero-order valence-electron chi connectivity index (χ0n) is 15.6. The third-order valence-corrected chi connectivity index (χ3v) is 5.72. The van der Waals surface area contributed by atoms with Gasteiger partial charge in [-0.05, 0) is 31.0 Å². The van der Waals surface area contributed by atoms with Gasteiger partial charge in [-0.2, -0.15) is 0 Å². The fourth-order valence-electron chi connectivity index (χ4n) is 4.20. The zero-order valence-corrected chi connectivity index (χ0v) is 15.6. The first-order valence-corrected chi connectivity index (χ1v) is 9.57. The molecule has 0 amide bonds. The van der Waals surface area contributed by atoms with E-state index in [4.69, 9.17) is 9.47 Å². The molecule has 1 saturated carbocycles. The number of aliphatic hydroxyl groups is 1. The van der Waals surface area contributed by atoms with Crippen molar-refractivity contribution in [1.29, 1.82) is 0 Å². The quantitative estimate of drug-likeness (QED) is 0.856. The van der Waals surface area contributed by atoms with Crippen LogP contribution in [0.4, 0.5) is 0 Å². The first kappa shape index (κ1) is 18.5. The minimum Gasteiger partial charge on any atom is -0.497 e. The Hall–Kier alpha value is -1.30. The Balaban J connectivity index is 1.54. The topological polar surface area (TPSA) is 45.2 Å². The molecule has 5 nitrogen and oxygen atoms in total. The van der Waals surface area contributed by atoms with Crippen LogP contribution in [0.15, 0.2) is 18.2 Å². The van der Waals surface area contributed by atoms with E-state index in [9.17, 15) is 5.11 Å². The summed E-state index contributed by atoms with van der Waals surface area (Å²) in [5.74, 6) is 1.46. The number of piperazine rings is 1. The predicted octanol–water partition coefficient (Wildman–Crippen LogP) is 2.69. The lowest BCUT2D eigenvalue weighted by Crippen LogP contribution is -2.51. The third kappa shape index (κ3) is 4.66. The highest BCUT2D eigenvalue weighted by Gasteiger charge is 2.26. The summed E-state index contributed by atoms with van der Waals surface area (Å²) in [4.78, 5) is 5.02. The molecule has 1 saturated heterocycles. The van der Waals surface area contributed by atoms with Crippen LogP contribution in [-0.4, -0.2) is 67.9 Å². The van der Waals surface area contributed by atoms with E-state index in [1.54, 1.807) is 14.2 Å². The highest BCUT2D eigenvalue weighted by molar-refractivity contribution is 5.41. The van der Waals surface area contributed by atoms with Crippen LogP contribution in [-0.2, 0) is 0 Å². The van der Waals surface area contributed by atoms with Gasteiger partial charge >= 0.3 is 0 Å². The van der Waals surface area contributed by atoms with Gasteiger partial charge in [-0.25, -0.2) is 0 Å². The minimum atomic E-state index is -0.564. The average molecular weight is 348 g/mol. The number of aliphatic hydroxyl groups excluding tert-OH is 1. The first-order chi connectivity index (χ1) is 12.2. The highest BCUT2D eigenvalue weighted by Crippen LogP contribution is 2.30. The molecule has 1 heterocycles. The summed E-state index contributed by atoms with van der Waals surface area (Å²) in [6, 6.07) is 6.39. The van der Waals surface area contributed by atoms with Crippen LogP contribution >= 0.6 is 0 Å². The number of methoxy groups -OCH3 is 2. The third-order valence-electron chi connectivity index (χ3n) is 5.72. The molecule has 1 N–H and O–H groups in total. The Morgan fingerprint density at radius 2 is 1.76 bits per heavy atom. The Morgan fingerprint density at radius 1 is 1.04 bits per heavy atom. The standard InChI is InChI=1S/C20H32N2O3/c1-24-17-8-9-20(25-2)18(14-17)19(23)15-21-10-12-22(13-11-21)16-6-4-3-5-7-16/h8-9,14,16,19,23H,3-7,10-13,15H2,1-2H3/t19-/m0/s1. The van der Waals surface area contributed by atoms with Gasteiger partial charge in [0.1, 0.15) is 11.5 Å². The van der Waals surface area contributed by atoms with E-state index in [1.807, 2.05) is 18.2 Å². The molecule has 2 fully saturated rings. The highest BCUT2D eigenvalue weighted by atomic mass is 16.5. The van der Waals surface area contributed by atoms with E-state index in [1.165, 1.54) is 32.1 Å². The van der Waals surface area contributed by atoms with Gasteiger partial charge in [0.15, 0.2) is 0 Å². The van der Waals surface area contributed by atoms with Crippen LogP contribution in [0.5, 0.6) is 11.5 Å². The molecule has 0 aromatic heterocycles. The van der Waals surface area contributed by atoms with E-state index in [0.717, 1.165) is 43.5 Å². The van der Waals surface area contributed by atoms with Crippen LogP contribution in [0.2, 0.25) is 0 Å². The summed E-state index contributed by atoms with van der Waals surface area (Å²) in [6.07, 6.45) is 6.35. The molecule has 1 atom stereocenters. The molecular weight excluding hydrogens is 316 g/mol. The number of ether oxygens (including phenoxy) is 2. The van der Waals surface area contributed by atoms with Crippen molar-refractivity contribution in [3.63, 3.8) is 0 Å². The molecule has 25 heavy (non-hydrogen) atoms. The number of benzene rings is 1. The van der Waals surface area contributed by atoms with Gasteiger partial charge in [0.05, 0.1) is 20.3 Å². The summed E-state index contributed by atoms with van der Waals surface area (Å²) < 4.78 is 10.7. The van der Waals surface area contributed by atoms with Crippen molar-refractivity contribution in [2.45, 2.75) is 44.2 Å². The summed E-state index contributed by atoms with van der Waals surface area (Å²) in [6.45, 7) is 4.93. The lowest BCUT2D eigenvalue weighted by molar-refractivity contribution is 0.0468. The molecule has 0 spiro atoms. The van der Waals surface area contributed by atoms with Crippen LogP contribution in [0.1, 0.15) is 43.8 Å². The molecule has 0 radical (unpaired) electrons. The van der Waals surface area contributed by atoms with Gasteiger partial charge in [-0.3, -0.25) is 9.80 Å². The Labute approximate surface area is 151 Å². The second-order valence-corrected chi connectivity index (χ2v) is 7.25. The predicted molar refractivity (Wildman–Crippen MR) is 99.4 cm³/mol. The van der Waals surface area contributed by atoms with Gasteiger partial charge in [0.2, 0.25) is 0 Å².